The molecule has 0 saturated carbocycles. The first-order valence-electron chi connectivity index (χ1n) is 13.8. The molecule has 6 heteroatoms. The predicted octanol–water partition coefficient (Wildman–Crippen LogP) is 8.75. The van der Waals surface area contributed by atoms with Crippen LogP contribution in [0.1, 0.15) is 0 Å². The van der Waals surface area contributed by atoms with Gasteiger partial charge < -0.3 is 4.42 Å². The van der Waals surface area contributed by atoms with E-state index in [0.717, 1.165) is 43.9 Å². The normalized spacial score (nSPS) is 11.8. The van der Waals surface area contributed by atoms with Crippen LogP contribution in [-0.2, 0) is 0 Å². The second-order valence-corrected chi connectivity index (χ2v) is 10.3. The highest BCUT2D eigenvalue weighted by atomic mass is 16.3. The highest BCUT2D eigenvalue weighted by molar-refractivity contribution is 6.21. The van der Waals surface area contributed by atoms with Gasteiger partial charge >= 0.3 is 0 Å². The molecule has 0 spiro atoms. The number of hydrogen-bond donors (Lipinski definition) is 0. The minimum atomic E-state index is 0.480. The van der Waals surface area contributed by atoms with Crippen LogP contribution in [0.4, 0.5) is 0 Å². The molecule has 0 aliphatic rings. The van der Waals surface area contributed by atoms with Gasteiger partial charge in [0.05, 0.1) is 11.0 Å². The molecule has 0 amide bonds. The molecule has 9 rings (SSSR count). The summed E-state index contributed by atoms with van der Waals surface area (Å²) in [6.45, 7) is 0. The number of fused-ring (bicyclic) bond motifs is 8. The average molecular weight is 540 g/mol. The lowest BCUT2D eigenvalue weighted by Gasteiger charge is -2.10. The van der Waals surface area contributed by atoms with E-state index in [0.29, 0.717) is 23.3 Å². The number of pyridine rings is 1. The molecule has 4 aromatic heterocycles. The van der Waals surface area contributed by atoms with Crippen LogP contribution in [0, 0.1) is 0 Å². The van der Waals surface area contributed by atoms with Crippen molar-refractivity contribution < 1.29 is 4.42 Å². The zero-order chi connectivity index (χ0) is 27.6. The minimum Gasteiger partial charge on any atom is -0.456 e. The second kappa shape index (κ2) is 8.81. The number of rotatable bonds is 3. The summed E-state index contributed by atoms with van der Waals surface area (Å²) in [5.41, 5.74) is 5.15. The summed E-state index contributed by atoms with van der Waals surface area (Å²) in [6, 6.07) is 41.1. The molecule has 0 N–H and O–H groups in total. The Morgan fingerprint density at radius 1 is 0.524 bits per heavy atom. The minimum absolute atomic E-state index is 0.480. The molecule has 0 aliphatic carbocycles. The summed E-state index contributed by atoms with van der Waals surface area (Å²) in [7, 11) is 0. The molecular formula is C36H21N5O. The maximum Gasteiger partial charge on any atom is 0.238 e. The van der Waals surface area contributed by atoms with Crippen LogP contribution in [0.5, 0.6) is 0 Å². The first-order chi connectivity index (χ1) is 20.8. The number of hydrogen-bond acceptors (Lipinski definition) is 5. The van der Waals surface area contributed by atoms with E-state index in [1.807, 2.05) is 66.9 Å². The molecule has 0 fully saturated rings. The summed E-state index contributed by atoms with van der Waals surface area (Å²) in [6.07, 6.45) is 1.84. The van der Waals surface area contributed by atoms with Crippen molar-refractivity contribution in [2.24, 2.45) is 0 Å². The van der Waals surface area contributed by atoms with E-state index < -0.39 is 0 Å². The maximum absolute atomic E-state index is 6.17. The summed E-state index contributed by atoms with van der Waals surface area (Å²) >= 11 is 0. The van der Waals surface area contributed by atoms with Crippen LogP contribution in [0.3, 0.4) is 0 Å². The van der Waals surface area contributed by atoms with E-state index in [9.17, 15) is 0 Å². The SMILES string of the molecule is c1ccc(-c2nc(-c3cc4oc5ccccc5c4cn3)nc(-n3c4ccccc4c4c5ccccc5ccc43)n2)cc1. The molecule has 4 heterocycles. The zero-order valence-electron chi connectivity index (χ0n) is 22.3. The van der Waals surface area contributed by atoms with Gasteiger partial charge in [0.2, 0.25) is 5.95 Å². The molecule has 0 atom stereocenters. The molecule has 196 valence electrons. The largest absolute Gasteiger partial charge is 0.456 e. The molecule has 0 unspecified atom stereocenters. The Labute approximate surface area is 239 Å². The zero-order valence-corrected chi connectivity index (χ0v) is 22.3. The first-order valence-corrected chi connectivity index (χ1v) is 13.8. The van der Waals surface area contributed by atoms with Gasteiger partial charge in [-0.1, -0.05) is 97.1 Å². The molecule has 0 saturated heterocycles. The Morgan fingerprint density at radius 3 is 2.17 bits per heavy atom. The number of para-hydroxylation sites is 2. The van der Waals surface area contributed by atoms with E-state index in [4.69, 9.17) is 24.4 Å². The third kappa shape index (κ3) is 3.39. The van der Waals surface area contributed by atoms with Gasteiger partial charge in [0.1, 0.15) is 16.9 Å². The quantitative estimate of drug-likeness (QED) is 0.224. The van der Waals surface area contributed by atoms with E-state index in [2.05, 4.69) is 65.2 Å². The van der Waals surface area contributed by atoms with Crippen LogP contribution in [0.15, 0.2) is 132 Å². The van der Waals surface area contributed by atoms with Gasteiger partial charge in [-0.3, -0.25) is 9.55 Å². The molecular weight excluding hydrogens is 518 g/mol. The van der Waals surface area contributed by atoms with Crippen LogP contribution in [-0.4, -0.2) is 24.5 Å². The van der Waals surface area contributed by atoms with Crippen LogP contribution in [0.25, 0.3) is 83.4 Å². The van der Waals surface area contributed by atoms with Crippen molar-refractivity contribution in [3.63, 3.8) is 0 Å². The lowest BCUT2D eigenvalue weighted by Crippen LogP contribution is -2.06. The topological polar surface area (TPSA) is 69.6 Å². The van der Waals surface area contributed by atoms with Gasteiger partial charge in [0.15, 0.2) is 11.6 Å². The second-order valence-electron chi connectivity index (χ2n) is 10.3. The van der Waals surface area contributed by atoms with E-state index in [-0.39, 0.29) is 0 Å². The fourth-order valence-electron chi connectivity index (χ4n) is 5.99. The van der Waals surface area contributed by atoms with Crippen molar-refractivity contribution in [1.82, 2.24) is 24.5 Å². The Morgan fingerprint density at radius 2 is 1.26 bits per heavy atom. The fraction of sp³-hybridized carbons (Fsp3) is 0. The van der Waals surface area contributed by atoms with E-state index in [1.54, 1.807) is 0 Å². The molecule has 0 aliphatic heterocycles. The number of benzene rings is 5. The molecule has 5 aromatic carbocycles. The third-order valence-electron chi connectivity index (χ3n) is 7.91. The predicted molar refractivity (Wildman–Crippen MR) is 168 cm³/mol. The third-order valence-corrected chi connectivity index (χ3v) is 7.91. The van der Waals surface area contributed by atoms with Gasteiger partial charge in [0.25, 0.3) is 0 Å². The molecule has 9 aromatic rings. The monoisotopic (exact) mass is 539 g/mol. The van der Waals surface area contributed by atoms with Crippen molar-refractivity contribution in [1.29, 1.82) is 0 Å². The average Bonchev–Trinajstić information content (AvgIpc) is 3.60. The fourth-order valence-corrected chi connectivity index (χ4v) is 5.99. The molecule has 0 radical (unpaired) electrons. The maximum atomic E-state index is 6.17. The van der Waals surface area contributed by atoms with Gasteiger partial charge in [0, 0.05) is 39.4 Å². The smallest absolute Gasteiger partial charge is 0.238 e. The lowest BCUT2D eigenvalue weighted by molar-refractivity contribution is 0.668. The van der Waals surface area contributed by atoms with Crippen molar-refractivity contribution >= 4 is 54.5 Å². The lowest BCUT2D eigenvalue weighted by atomic mass is 10.0. The Hall–Kier alpha value is -5.88. The van der Waals surface area contributed by atoms with Crippen LogP contribution >= 0.6 is 0 Å². The highest BCUT2D eigenvalue weighted by Crippen LogP contribution is 2.37. The summed E-state index contributed by atoms with van der Waals surface area (Å²) in [5, 5.41) is 6.70. The van der Waals surface area contributed by atoms with E-state index in [1.165, 1.54) is 16.2 Å². The Kier molecular flexibility index (Phi) is 4.80. The number of nitrogens with zero attached hydrogens (tertiary/aromatic N) is 5. The number of furan rings is 1. The summed E-state index contributed by atoms with van der Waals surface area (Å²) in [5.74, 6) is 1.59. The van der Waals surface area contributed by atoms with Crippen LogP contribution < -0.4 is 0 Å². The van der Waals surface area contributed by atoms with Crippen molar-refractivity contribution in [2.45, 2.75) is 0 Å². The Balaban J connectivity index is 1.35. The van der Waals surface area contributed by atoms with Crippen molar-refractivity contribution in [3.05, 3.63) is 128 Å². The van der Waals surface area contributed by atoms with E-state index >= 15 is 0 Å². The number of aromatic nitrogens is 5. The van der Waals surface area contributed by atoms with Gasteiger partial charge in [-0.05, 0) is 29.0 Å². The highest BCUT2D eigenvalue weighted by Gasteiger charge is 2.20. The Bertz CT molecular complexity index is 2480. The first kappa shape index (κ1) is 22.9. The standard InChI is InChI=1S/C36H21N5O/c1-2-11-23(12-3-1)34-38-35(28-20-32-27(21-37-28)25-14-7-9-17-31(25)42-32)40-36(39-34)41-29-16-8-6-15-26(29)33-24-13-5-4-10-22(24)18-19-30(33)41/h1-21H. The van der Waals surface area contributed by atoms with Gasteiger partial charge in [-0.15, -0.1) is 0 Å². The van der Waals surface area contributed by atoms with Gasteiger partial charge in [-0.25, -0.2) is 4.98 Å². The molecule has 0 bridgehead atoms. The molecule has 6 nitrogen and oxygen atoms in total. The van der Waals surface area contributed by atoms with Crippen LogP contribution in [0.2, 0.25) is 0 Å². The van der Waals surface area contributed by atoms with Crippen molar-refractivity contribution in [3.8, 4) is 28.9 Å². The summed E-state index contributed by atoms with van der Waals surface area (Å²) in [4.78, 5) is 19.8. The molecule has 42 heavy (non-hydrogen) atoms. The summed E-state index contributed by atoms with van der Waals surface area (Å²) < 4.78 is 8.31. The van der Waals surface area contributed by atoms with Crippen molar-refractivity contribution in [2.75, 3.05) is 0 Å². The van der Waals surface area contributed by atoms with Gasteiger partial charge in [-0.2, -0.15) is 9.97 Å².